The molecule has 0 saturated heterocycles. The van der Waals surface area contributed by atoms with Crippen LogP contribution in [0.3, 0.4) is 0 Å². The van der Waals surface area contributed by atoms with Gasteiger partial charge in [0, 0.05) is 4.75 Å². The standard InChI is InChI=1S/C20H31NO4S/c1-19(2,3)25-18(23)21-16(17(22)24-6)20(4,5)26-14-10-13-15-11-8-7-9-12-15/h7-9,11-12,16H,10,13-14H2,1-6H3,(H,21,23)/t16-/m1/s1. The molecule has 146 valence electrons. The van der Waals surface area contributed by atoms with Crippen LogP contribution in [-0.4, -0.2) is 41.3 Å². The highest BCUT2D eigenvalue weighted by atomic mass is 32.2. The van der Waals surface area contributed by atoms with Gasteiger partial charge in [0.05, 0.1) is 7.11 Å². The molecule has 0 aliphatic rings. The zero-order chi connectivity index (χ0) is 19.8. The molecule has 1 amide bonds. The van der Waals surface area contributed by atoms with Crippen molar-refractivity contribution in [2.45, 2.75) is 63.9 Å². The maximum absolute atomic E-state index is 12.2. The fourth-order valence-electron chi connectivity index (χ4n) is 2.40. The number of aryl methyl sites for hydroxylation is 1. The van der Waals surface area contributed by atoms with Gasteiger partial charge >= 0.3 is 12.1 Å². The summed E-state index contributed by atoms with van der Waals surface area (Å²) in [5.41, 5.74) is 0.667. The van der Waals surface area contributed by atoms with Crippen molar-refractivity contribution in [2.24, 2.45) is 0 Å². The quantitative estimate of drug-likeness (QED) is 0.540. The number of carbonyl (C=O) groups excluding carboxylic acids is 2. The van der Waals surface area contributed by atoms with Crippen LogP contribution in [0.2, 0.25) is 0 Å². The Balaban J connectivity index is 2.62. The van der Waals surface area contributed by atoms with E-state index < -0.39 is 28.5 Å². The smallest absolute Gasteiger partial charge is 0.408 e. The normalized spacial score (nSPS) is 13.0. The Morgan fingerprint density at radius 1 is 1.12 bits per heavy atom. The molecular formula is C20H31NO4S. The van der Waals surface area contributed by atoms with Crippen molar-refractivity contribution in [1.82, 2.24) is 5.32 Å². The van der Waals surface area contributed by atoms with Crippen LogP contribution in [0.1, 0.15) is 46.6 Å². The summed E-state index contributed by atoms with van der Waals surface area (Å²) < 4.78 is 9.63. The Morgan fingerprint density at radius 3 is 2.27 bits per heavy atom. The van der Waals surface area contributed by atoms with E-state index in [1.165, 1.54) is 12.7 Å². The van der Waals surface area contributed by atoms with E-state index in [9.17, 15) is 9.59 Å². The lowest BCUT2D eigenvalue weighted by Gasteiger charge is -2.33. The van der Waals surface area contributed by atoms with E-state index in [4.69, 9.17) is 9.47 Å². The topological polar surface area (TPSA) is 64.6 Å². The molecular weight excluding hydrogens is 350 g/mol. The van der Waals surface area contributed by atoms with Gasteiger partial charge in [0.2, 0.25) is 0 Å². The number of esters is 1. The van der Waals surface area contributed by atoms with Crippen molar-refractivity contribution < 1.29 is 19.1 Å². The van der Waals surface area contributed by atoms with E-state index in [2.05, 4.69) is 17.4 Å². The predicted molar refractivity (Wildman–Crippen MR) is 106 cm³/mol. The van der Waals surface area contributed by atoms with Gasteiger partial charge in [-0.05, 0) is 58.8 Å². The van der Waals surface area contributed by atoms with E-state index in [1.807, 2.05) is 32.0 Å². The first-order valence-electron chi connectivity index (χ1n) is 8.80. The molecule has 0 unspecified atom stereocenters. The maximum atomic E-state index is 12.2. The number of nitrogens with one attached hydrogen (secondary N) is 1. The molecule has 0 bridgehead atoms. The SMILES string of the molecule is COC(=O)[C@@H](NC(=O)OC(C)(C)C)C(C)(C)SCCCc1ccccc1. The van der Waals surface area contributed by atoms with Crippen LogP contribution in [0.25, 0.3) is 0 Å². The lowest BCUT2D eigenvalue weighted by Crippen LogP contribution is -2.54. The number of hydrogen-bond acceptors (Lipinski definition) is 5. The summed E-state index contributed by atoms with van der Waals surface area (Å²) in [7, 11) is 1.32. The van der Waals surface area contributed by atoms with Crippen molar-refractivity contribution in [3.63, 3.8) is 0 Å². The van der Waals surface area contributed by atoms with Gasteiger partial charge in [-0.1, -0.05) is 30.3 Å². The van der Waals surface area contributed by atoms with Crippen molar-refractivity contribution in [3.05, 3.63) is 35.9 Å². The molecule has 6 heteroatoms. The molecule has 26 heavy (non-hydrogen) atoms. The summed E-state index contributed by atoms with van der Waals surface area (Å²) in [4.78, 5) is 24.3. The predicted octanol–water partition coefficient (Wildman–Crippen LogP) is 4.20. The van der Waals surface area contributed by atoms with E-state index in [-0.39, 0.29) is 0 Å². The fourth-order valence-corrected chi connectivity index (χ4v) is 3.54. The molecule has 0 saturated carbocycles. The van der Waals surface area contributed by atoms with Crippen molar-refractivity contribution in [3.8, 4) is 0 Å². The molecule has 5 nitrogen and oxygen atoms in total. The van der Waals surface area contributed by atoms with Gasteiger partial charge in [0.1, 0.15) is 11.6 Å². The largest absolute Gasteiger partial charge is 0.467 e. The second kappa shape index (κ2) is 9.86. The van der Waals surface area contributed by atoms with Gasteiger partial charge in [-0.25, -0.2) is 9.59 Å². The molecule has 0 spiro atoms. The van der Waals surface area contributed by atoms with E-state index in [0.717, 1.165) is 18.6 Å². The highest BCUT2D eigenvalue weighted by Crippen LogP contribution is 2.30. The van der Waals surface area contributed by atoms with Gasteiger partial charge in [0.25, 0.3) is 0 Å². The van der Waals surface area contributed by atoms with Crippen molar-refractivity contribution >= 4 is 23.8 Å². The van der Waals surface area contributed by atoms with Crippen molar-refractivity contribution in [1.29, 1.82) is 0 Å². The minimum Gasteiger partial charge on any atom is -0.467 e. The Bertz CT molecular complexity index is 581. The van der Waals surface area contributed by atoms with Gasteiger partial charge in [-0.15, -0.1) is 0 Å². The second-order valence-corrected chi connectivity index (χ2v) is 9.39. The average molecular weight is 382 g/mol. The zero-order valence-electron chi connectivity index (χ0n) is 16.6. The fraction of sp³-hybridized carbons (Fsp3) is 0.600. The number of benzene rings is 1. The molecule has 0 radical (unpaired) electrons. The van der Waals surface area contributed by atoms with E-state index in [0.29, 0.717) is 0 Å². The molecule has 1 atom stereocenters. The lowest BCUT2D eigenvalue weighted by molar-refractivity contribution is -0.143. The number of rotatable bonds is 8. The summed E-state index contributed by atoms with van der Waals surface area (Å²) in [6, 6.07) is 9.50. The number of thioether (sulfide) groups is 1. The van der Waals surface area contributed by atoms with E-state index >= 15 is 0 Å². The number of hydrogen-bond donors (Lipinski definition) is 1. The van der Waals surface area contributed by atoms with Gasteiger partial charge < -0.3 is 14.8 Å². The molecule has 0 aromatic heterocycles. The van der Waals surface area contributed by atoms with Crippen molar-refractivity contribution in [2.75, 3.05) is 12.9 Å². The summed E-state index contributed by atoms with van der Waals surface area (Å²) in [5.74, 6) is 0.391. The highest BCUT2D eigenvalue weighted by molar-refractivity contribution is 8.00. The first kappa shape index (κ1) is 22.4. The summed E-state index contributed by atoms with van der Waals surface area (Å²) in [5, 5.41) is 2.67. The Kier molecular flexibility index (Phi) is 8.47. The lowest BCUT2D eigenvalue weighted by atomic mass is 10.0. The van der Waals surface area contributed by atoms with E-state index in [1.54, 1.807) is 32.5 Å². The monoisotopic (exact) mass is 381 g/mol. The highest BCUT2D eigenvalue weighted by Gasteiger charge is 2.38. The van der Waals surface area contributed by atoms with Crippen LogP contribution in [0.4, 0.5) is 4.79 Å². The van der Waals surface area contributed by atoms with Crippen LogP contribution in [0.15, 0.2) is 30.3 Å². The molecule has 1 rings (SSSR count). The molecule has 0 aliphatic carbocycles. The second-order valence-electron chi connectivity index (χ2n) is 7.64. The minimum atomic E-state index is -0.788. The molecule has 1 aromatic carbocycles. The molecule has 0 heterocycles. The summed E-state index contributed by atoms with van der Waals surface area (Å²) in [6.45, 7) is 9.20. The molecule has 0 fully saturated rings. The Hall–Kier alpha value is -1.69. The molecule has 0 aliphatic heterocycles. The number of ether oxygens (including phenoxy) is 2. The third-order valence-electron chi connectivity index (χ3n) is 3.72. The maximum Gasteiger partial charge on any atom is 0.408 e. The number of amides is 1. The summed E-state index contributed by atoms with van der Waals surface area (Å²) in [6.07, 6.45) is 1.34. The number of carbonyl (C=O) groups is 2. The zero-order valence-corrected chi connectivity index (χ0v) is 17.4. The Labute approximate surface area is 161 Å². The Morgan fingerprint density at radius 2 is 1.73 bits per heavy atom. The van der Waals surface area contributed by atoms with Crippen LogP contribution in [0.5, 0.6) is 0 Å². The first-order chi connectivity index (χ1) is 12.0. The van der Waals surface area contributed by atoms with Crippen LogP contribution < -0.4 is 5.32 Å². The third-order valence-corrected chi connectivity index (χ3v) is 5.19. The number of methoxy groups -OCH3 is 1. The van der Waals surface area contributed by atoms with Gasteiger partial charge in [0.15, 0.2) is 0 Å². The van der Waals surface area contributed by atoms with Gasteiger partial charge in [-0.2, -0.15) is 11.8 Å². The van der Waals surface area contributed by atoms with Crippen LogP contribution >= 0.6 is 11.8 Å². The summed E-state index contributed by atoms with van der Waals surface area (Å²) >= 11 is 1.64. The number of alkyl carbamates (subject to hydrolysis) is 1. The average Bonchev–Trinajstić information content (AvgIpc) is 2.55. The molecule has 1 N–H and O–H groups in total. The van der Waals surface area contributed by atoms with Crippen LogP contribution in [0, 0.1) is 0 Å². The minimum absolute atomic E-state index is 0.476. The van der Waals surface area contributed by atoms with Gasteiger partial charge in [-0.3, -0.25) is 0 Å². The third kappa shape index (κ3) is 8.13. The molecule has 1 aromatic rings. The van der Waals surface area contributed by atoms with Crippen LogP contribution in [-0.2, 0) is 20.7 Å². The first-order valence-corrected chi connectivity index (χ1v) is 9.79.